The Labute approximate surface area is 172 Å². The van der Waals surface area contributed by atoms with E-state index in [-0.39, 0.29) is 0 Å². The van der Waals surface area contributed by atoms with Crippen LogP contribution in [0.4, 0.5) is 0 Å². The first kappa shape index (κ1) is 20.9. The van der Waals surface area contributed by atoms with Crippen molar-refractivity contribution in [3.63, 3.8) is 0 Å². The molecule has 2 heteroatoms. The molecule has 0 aliphatic heterocycles. The SMILES string of the molecule is CCCC[Si](CCCC)(CCCC)Oc1c2ccccc2cc2ccccc12. The van der Waals surface area contributed by atoms with E-state index in [9.17, 15) is 0 Å². The second kappa shape index (κ2) is 10.1. The first-order valence-corrected chi connectivity index (χ1v) is 13.9. The highest BCUT2D eigenvalue weighted by Gasteiger charge is 2.36. The van der Waals surface area contributed by atoms with Crippen LogP contribution in [0.25, 0.3) is 21.5 Å². The van der Waals surface area contributed by atoms with E-state index in [2.05, 4.69) is 75.4 Å². The van der Waals surface area contributed by atoms with E-state index in [4.69, 9.17) is 4.43 Å². The molecule has 0 heterocycles. The Morgan fingerprint density at radius 2 is 1.07 bits per heavy atom. The van der Waals surface area contributed by atoms with Crippen LogP contribution in [0.5, 0.6) is 5.75 Å². The molecule has 28 heavy (non-hydrogen) atoms. The fourth-order valence-corrected chi connectivity index (χ4v) is 9.03. The van der Waals surface area contributed by atoms with Crippen LogP contribution in [0.2, 0.25) is 18.1 Å². The molecule has 0 radical (unpaired) electrons. The van der Waals surface area contributed by atoms with Crippen LogP contribution in [0.1, 0.15) is 59.3 Å². The van der Waals surface area contributed by atoms with E-state index >= 15 is 0 Å². The van der Waals surface area contributed by atoms with Gasteiger partial charge in [0.05, 0.1) is 0 Å². The van der Waals surface area contributed by atoms with Crippen molar-refractivity contribution in [1.82, 2.24) is 0 Å². The Morgan fingerprint density at radius 1 is 0.643 bits per heavy atom. The number of rotatable bonds is 11. The number of fused-ring (bicyclic) bond motifs is 2. The second-order valence-corrected chi connectivity index (χ2v) is 12.3. The third-order valence-electron chi connectivity index (χ3n) is 6.00. The summed E-state index contributed by atoms with van der Waals surface area (Å²) >= 11 is 0. The van der Waals surface area contributed by atoms with Crippen molar-refractivity contribution in [2.75, 3.05) is 0 Å². The molecule has 3 aromatic rings. The molecule has 0 fully saturated rings. The summed E-state index contributed by atoms with van der Waals surface area (Å²) in [6, 6.07) is 23.7. The lowest BCUT2D eigenvalue weighted by Gasteiger charge is -2.34. The summed E-state index contributed by atoms with van der Waals surface area (Å²) in [5.74, 6) is 1.16. The van der Waals surface area contributed by atoms with Gasteiger partial charge in [0.15, 0.2) is 0 Å². The zero-order valence-electron chi connectivity index (χ0n) is 18.0. The van der Waals surface area contributed by atoms with Crippen molar-refractivity contribution in [2.45, 2.75) is 77.4 Å². The van der Waals surface area contributed by atoms with Gasteiger partial charge in [-0.15, -0.1) is 0 Å². The molecule has 0 saturated heterocycles. The van der Waals surface area contributed by atoms with Gasteiger partial charge in [-0.2, -0.15) is 0 Å². The summed E-state index contributed by atoms with van der Waals surface area (Å²) < 4.78 is 7.27. The lowest BCUT2D eigenvalue weighted by atomic mass is 10.0. The van der Waals surface area contributed by atoms with Gasteiger partial charge >= 0.3 is 0 Å². The molecule has 0 saturated carbocycles. The zero-order valence-corrected chi connectivity index (χ0v) is 19.0. The quantitative estimate of drug-likeness (QED) is 0.234. The van der Waals surface area contributed by atoms with Gasteiger partial charge in [0.25, 0.3) is 8.32 Å². The van der Waals surface area contributed by atoms with Gasteiger partial charge in [-0.3, -0.25) is 0 Å². The van der Waals surface area contributed by atoms with Crippen molar-refractivity contribution in [3.05, 3.63) is 54.6 Å². The fourth-order valence-electron chi connectivity index (χ4n) is 4.32. The molecular weight excluding hydrogens is 356 g/mol. The standard InChI is InChI=1S/C26H36OSi/c1-4-7-18-28(19-8-5-2,20-9-6-3)27-26-24-16-12-10-14-22(24)21-23-15-11-13-17-25(23)26/h10-17,21H,4-9,18-20H2,1-3H3. The maximum atomic E-state index is 7.27. The summed E-state index contributed by atoms with van der Waals surface area (Å²) in [5, 5.41) is 5.14. The lowest BCUT2D eigenvalue weighted by molar-refractivity contribution is 0.520. The fraction of sp³-hybridized carbons (Fsp3) is 0.462. The average molecular weight is 393 g/mol. The molecule has 0 aliphatic carbocycles. The first-order valence-electron chi connectivity index (χ1n) is 11.3. The van der Waals surface area contributed by atoms with Crippen LogP contribution >= 0.6 is 0 Å². The van der Waals surface area contributed by atoms with Crippen LogP contribution in [-0.4, -0.2) is 8.32 Å². The number of unbranched alkanes of at least 4 members (excludes halogenated alkanes) is 3. The predicted molar refractivity (Wildman–Crippen MR) is 127 cm³/mol. The van der Waals surface area contributed by atoms with E-state index in [1.807, 2.05) is 0 Å². The summed E-state index contributed by atoms with van der Waals surface area (Å²) in [6.45, 7) is 6.93. The molecule has 0 aromatic heterocycles. The Kier molecular flexibility index (Phi) is 7.55. The summed E-state index contributed by atoms with van der Waals surface area (Å²) in [5.41, 5.74) is 0. The van der Waals surface area contributed by atoms with Crippen molar-refractivity contribution in [3.8, 4) is 5.75 Å². The van der Waals surface area contributed by atoms with Crippen LogP contribution in [0.3, 0.4) is 0 Å². The van der Waals surface area contributed by atoms with Gasteiger partial charge in [-0.05, 0) is 35.0 Å². The Balaban J connectivity index is 2.12. The number of benzene rings is 3. The first-order chi connectivity index (χ1) is 13.7. The average Bonchev–Trinajstić information content (AvgIpc) is 2.74. The van der Waals surface area contributed by atoms with Gasteiger partial charge in [-0.25, -0.2) is 0 Å². The van der Waals surface area contributed by atoms with Crippen LogP contribution in [0.15, 0.2) is 54.6 Å². The van der Waals surface area contributed by atoms with Gasteiger partial charge in [0.1, 0.15) is 5.75 Å². The monoisotopic (exact) mass is 392 g/mol. The minimum absolute atomic E-state index is 1.16. The molecule has 0 amide bonds. The largest absolute Gasteiger partial charge is 0.543 e. The Hall–Kier alpha value is -1.80. The maximum absolute atomic E-state index is 7.27. The van der Waals surface area contributed by atoms with Crippen LogP contribution in [-0.2, 0) is 0 Å². The molecule has 0 aliphatic rings. The molecule has 0 atom stereocenters. The molecule has 3 rings (SSSR count). The molecular formula is C26H36OSi. The minimum Gasteiger partial charge on any atom is -0.543 e. The Morgan fingerprint density at radius 3 is 1.50 bits per heavy atom. The molecule has 0 N–H and O–H groups in total. The highest BCUT2D eigenvalue weighted by Crippen LogP contribution is 2.40. The van der Waals surface area contributed by atoms with E-state index in [0.717, 1.165) is 5.75 Å². The molecule has 0 spiro atoms. The number of hydrogen-bond acceptors (Lipinski definition) is 1. The molecule has 0 bridgehead atoms. The van der Waals surface area contributed by atoms with Gasteiger partial charge < -0.3 is 4.43 Å². The zero-order chi connectivity index (χ0) is 19.8. The van der Waals surface area contributed by atoms with Crippen molar-refractivity contribution >= 4 is 29.9 Å². The highest BCUT2D eigenvalue weighted by molar-refractivity contribution is 6.74. The Bertz CT molecular complexity index is 810. The third kappa shape index (κ3) is 4.78. The molecule has 3 aromatic carbocycles. The maximum Gasteiger partial charge on any atom is 0.251 e. The van der Waals surface area contributed by atoms with Gasteiger partial charge in [0, 0.05) is 10.8 Å². The lowest BCUT2D eigenvalue weighted by Crippen LogP contribution is -2.41. The van der Waals surface area contributed by atoms with Gasteiger partial charge in [0.2, 0.25) is 0 Å². The van der Waals surface area contributed by atoms with Crippen molar-refractivity contribution in [2.24, 2.45) is 0 Å². The van der Waals surface area contributed by atoms with E-state index in [0.29, 0.717) is 0 Å². The predicted octanol–water partition coefficient (Wildman–Crippen LogP) is 8.72. The van der Waals surface area contributed by atoms with E-state index in [1.165, 1.54) is 78.2 Å². The van der Waals surface area contributed by atoms with Crippen molar-refractivity contribution in [1.29, 1.82) is 0 Å². The van der Waals surface area contributed by atoms with E-state index in [1.54, 1.807) is 0 Å². The summed E-state index contributed by atoms with van der Waals surface area (Å²) in [6.07, 6.45) is 7.65. The molecule has 150 valence electrons. The molecule has 1 nitrogen and oxygen atoms in total. The summed E-state index contributed by atoms with van der Waals surface area (Å²) in [4.78, 5) is 0. The third-order valence-corrected chi connectivity index (χ3v) is 10.4. The topological polar surface area (TPSA) is 9.23 Å². The van der Waals surface area contributed by atoms with Gasteiger partial charge in [-0.1, -0.05) is 108 Å². The minimum atomic E-state index is -1.83. The highest BCUT2D eigenvalue weighted by atomic mass is 28.4. The van der Waals surface area contributed by atoms with Crippen LogP contribution < -0.4 is 4.43 Å². The summed E-state index contributed by atoms with van der Waals surface area (Å²) in [7, 11) is -1.83. The van der Waals surface area contributed by atoms with Crippen molar-refractivity contribution < 1.29 is 4.43 Å². The van der Waals surface area contributed by atoms with Crippen LogP contribution in [0, 0.1) is 0 Å². The van der Waals surface area contributed by atoms with E-state index < -0.39 is 8.32 Å². The smallest absolute Gasteiger partial charge is 0.251 e. The second-order valence-electron chi connectivity index (χ2n) is 8.24. The molecule has 0 unspecified atom stereocenters. The number of hydrogen-bond donors (Lipinski definition) is 0. The normalized spacial score (nSPS) is 12.0.